The van der Waals surface area contributed by atoms with Gasteiger partial charge in [-0.15, -0.1) is 0 Å². The molecule has 0 atom stereocenters. The fourth-order valence-electron chi connectivity index (χ4n) is 3.42. The average Bonchev–Trinajstić information content (AvgIpc) is 2.69. The molecule has 5 heteroatoms. The fourth-order valence-corrected chi connectivity index (χ4v) is 3.42. The van der Waals surface area contributed by atoms with Crippen molar-refractivity contribution in [3.8, 4) is 0 Å². The Morgan fingerprint density at radius 1 is 1.07 bits per heavy atom. The smallest absolute Gasteiger partial charge is 0.222 e. The van der Waals surface area contributed by atoms with Gasteiger partial charge in [-0.25, -0.2) is 0 Å². The Balaban J connectivity index is 1.43. The fraction of sp³-hybridized carbons (Fsp3) is 0.455. The summed E-state index contributed by atoms with van der Waals surface area (Å²) in [6, 6.07) is 12.5. The van der Waals surface area contributed by atoms with E-state index in [1.54, 1.807) is 0 Å². The normalized spacial score (nSPS) is 15.0. The number of rotatable bonds is 6. The average molecular weight is 367 g/mol. The zero-order valence-corrected chi connectivity index (χ0v) is 16.7. The van der Waals surface area contributed by atoms with E-state index in [2.05, 4.69) is 52.0 Å². The van der Waals surface area contributed by atoms with E-state index in [9.17, 15) is 4.79 Å². The Hall–Kier alpha value is -2.40. The van der Waals surface area contributed by atoms with Crippen LogP contribution < -0.4 is 4.90 Å². The monoisotopic (exact) mass is 366 g/mol. The number of aromatic nitrogens is 1. The summed E-state index contributed by atoms with van der Waals surface area (Å²) in [6.07, 6.45) is 3.24. The molecule has 1 aromatic heterocycles. The van der Waals surface area contributed by atoms with E-state index in [1.807, 2.05) is 31.3 Å². The highest BCUT2D eigenvalue weighted by atomic mass is 16.2. The van der Waals surface area contributed by atoms with E-state index >= 15 is 0 Å². The van der Waals surface area contributed by atoms with Gasteiger partial charge >= 0.3 is 0 Å². The summed E-state index contributed by atoms with van der Waals surface area (Å²) in [5.74, 6) is 0.264. The molecule has 2 aromatic rings. The lowest BCUT2D eigenvalue weighted by atomic mass is 10.1. The van der Waals surface area contributed by atoms with Crippen LogP contribution in [0.5, 0.6) is 0 Å². The minimum atomic E-state index is 0.264. The molecule has 1 aliphatic heterocycles. The zero-order chi connectivity index (χ0) is 19.2. The molecule has 0 N–H and O–H groups in total. The number of hydrogen-bond donors (Lipinski definition) is 0. The molecular formula is C22H30N4O. The number of carbonyl (C=O) groups is 1. The van der Waals surface area contributed by atoms with Crippen LogP contribution in [-0.2, 0) is 17.8 Å². The number of nitrogens with zero attached hydrogens (tertiary/aromatic N) is 4. The number of hydrogen-bond acceptors (Lipinski definition) is 4. The van der Waals surface area contributed by atoms with Crippen molar-refractivity contribution in [1.29, 1.82) is 0 Å². The molecule has 0 spiro atoms. The quantitative estimate of drug-likeness (QED) is 0.788. The van der Waals surface area contributed by atoms with Gasteiger partial charge in [0.05, 0.1) is 5.69 Å². The van der Waals surface area contributed by atoms with Gasteiger partial charge in [0.1, 0.15) is 0 Å². The molecule has 27 heavy (non-hydrogen) atoms. The van der Waals surface area contributed by atoms with Gasteiger partial charge in [-0.3, -0.25) is 14.7 Å². The van der Waals surface area contributed by atoms with Crippen molar-refractivity contribution in [3.05, 3.63) is 59.4 Å². The Morgan fingerprint density at radius 3 is 2.41 bits per heavy atom. The number of aryl methyl sites for hydroxylation is 2. The van der Waals surface area contributed by atoms with E-state index < -0.39 is 0 Å². The third kappa shape index (κ3) is 5.30. The van der Waals surface area contributed by atoms with Crippen molar-refractivity contribution in [1.82, 2.24) is 14.8 Å². The lowest BCUT2D eigenvalue weighted by Gasteiger charge is -2.34. The minimum absolute atomic E-state index is 0.264. The molecule has 3 rings (SSSR count). The van der Waals surface area contributed by atoms with Gasteiger partial charge in [0, 0.05) is 65.1 Å². The second-order valence-electron chi connectivity index (χ2n) is 7.48. The van der Waals surface area contributed by atoms with E-state index in [1.165, 1.54) is 16.8 Å². The van der Waals surface area contributed by atoms with Crippen LogP contribution in [0.15, 0.2) is 42.6 Å². The summed E-state index contributed by atoms with van der Waals surface area (Å²) >= 11 is 0. The molecule has 1 amide bonds. The van der Waals surface area contributed by atoms with Crippen LogP contribution in [0.3, 0.4) is 0 Å². The number of benzene rings is 1. The molecule has 2 heterocycles. The molecule has 144 valence electrons. The molecule has 0 unspecified atom stereocenters. The van der Waals surface area contributed by atoms with Crippen molar-refractivity contribution >= 4 is 11.6 Å². The topological polar surface area (TPSA) is 39.7 Å². The summed E-state index contributed by atoms with van der Waals surface area (Å²) in [5.41, 5.74) is 4.78. The first-order chi connectivity index (χ1) is 13.0. The Kier molecular flexibility index (Phi) is 6.45. The number of amides is 1. The Bertz CT molecular complexity index is 749. The van der Waals surface area contributed by atoms with Crippen LogP contribution in [0.1, 0.15) is 23.2 Å². The number of pyridine rings is 1. The molecule has 5 nitrogen and oxygen atoms in total. The lowest BCUT2D eigenvalue weighted by Crippen LogP contribution is -2.48. The van der Waals surface area contributed by atoms with Crippen molar-refractivity contribution in [2.45, 2.75) is 26.3 Å². The predicted octanol–water partition coefficient (Wildman–Crippen LogP) is 2.73. The van der Waals surface area contributed by atoms with Crippen LogP contribution in [0.25, 0.3) is 0 Å². The van der Waals surface area contributed by atoms with Crippen LogP contribution >= 0.6 is 0 Å². The molecule has 1 saturated heterocycles. The third-order valence-electron chi connectivity index (χ3n) is 5.30. The predicted molar refractivity (Wildman–Crippen MR) is 110 cm³/mol. The van der Waals surface area contributed by atoms with E-state index in [0.717, 1.165) is 44.8 Å². The van der Waals surface area contributed by atoms with Crippen LogP contribution in [0.2, 0.25) is 0 Å². The summed E-state index contributed by atoms with van der Waals surface area (Å²) in [4.78, 5) is 23.5. The van der Waals surface area contributed by atoms with E-state index in [-0.39, 0.29) is 5.91 Å². The highest BCUT2D eigenvalue weighted by molar-refractivity contribution is 5.76. The van der Waals surface area contributed by atoms with Crippen molar-refractivity contribution < 1.29 is 4.79 Å². The van der Waals surface area contributed by atoms with Gasteiger partial charge in [0.15, 0.2) is 0 Å². The van der Waals surface area contributed by atoms with Gasteiger partial charge in [-0.2, -0.15) is 0 Å². The molecule has 0 saturated carbocycles. The molecule has 0 radical (unpaired) electrons. The molecule has 0 bridgehead atoms. The number of piperazine rings is 1. The number of anilines is 1. The second kappa shape index (κ2) is 9.00. The highest BCUT2D eigenvalue weighted by Crippen LogP contribution is 2.15. The van der Waals surface area contributed by atoms with E-state index in [0.29, 0.717) is 6.42 Å². The van der Waals surface area contributed by atoms with Crippen LogP contribution in [0.4, 0.5) is 5.69 Å². The van der Waals surface area contributed by atoms with E-state index in [4.69, 9.17) is 0 Å². The minimum Gasteiger partial charge on any atom is -0.378 e. The third-order valence-corrected chi connectivity index (χ3v) is 5.30. The molecular weight excluding hydrogens is 336 g/mol. The van der Waals surface area contributed by atoms with Crippen molar-refractivity contribution in [3.63, 3.8) is 0 Å². The highest BCUT2D eigenvalue weighted by Gasteiger charge is 2.21. The summed E-state index contributed by atoms with van der Waals surface area (Å²) in [7, 11) is 4.07. The second-order valence-corrected chi connectivity index (χ2v) is 7.48. The van der Waals surface area contributed by atoms with Gasteiger partial charge in [0.25, 0.3) is 0 Å². The first-order valence-corrected chi connectivity index (χ1v) is 9.70. The largest absolute Gasteiger partial charge is 0.378 e. The maximum atomic E-state index is 12.6. The summed E-state index contributed by atoms with van der Waals surface area (Å²) < 4.78 is 0. The lowest BCUT2D eigenvalue weighted by molar-refractivity contribution is -0.133. The first-order valence-electron chi connectivity index (χ1n) is 9.70. The molecule has 1 aromatic carbocycles. The van der Waals surface area contributed by atoms with Gasteiger partial charge < -0.3 is 9.80 Å². The first kappa shape index (κ1) is 19.4. The summed E-state index contributed by atoms with van der Waals surface area (Å²) in [6.45, 7) is 6.42. The van der Waals surface area contributed by atoms with Crippen molar-refractivity contribution in [2.24, 2.45) is 0 Å². The van der Waals surface area contributed by atoms with Gasteiger partial charge in [-0.1, -0.05) is 18.2 Å². The maximum Gasteiger partial charge on any atom is 0.222 e. The number of carbonyl (C=O) groups excluding carboxylic acids is 1. The summed E-state index contributed by atoms with van der Waals surface area (Å²) in [5, 5.41) is 0. The SMILES string of the molecule is Cc1cccnc1CN1CCN(C(=O)CCc2ccc(N(C)C)cc2)CC1. The van der Waals surface area contributed by atoms with Crippen LogP contribution in [0, 0.1) is 6.92 Å². The Morgan fingerprint density at radius 2 is 1.78 bits per heavy atom. The van der Waals surface area contributed by atoms with Gasteiger partial charge in [-0.05, 0) is 42.7 Å². The maximum absolute atomic E-state index is 12.6. The van der Waals surface area contributed by atoms with Crippen molar-refractivity contribution in [2.75, 3.05) is 45.2 Å². The molecule has 1 aliphatic rings. The Labute approximate surface area is 162 Å². The molecule has 0 aliphatic carbocycles. The standard InChI is InChI=1S/C22H30N4O/c1-18-5-4-12-23-21(18)17-25-13-15-26(16-14-25)22(27)11-8-19-6-9-20(10-7-19)24(2)3/h4-7,9-10,12H,8,11,13-17H2,1-3H3. The van der Waals surface area contributed by atoms with Gasteiger partial charge in [0.2, 0.25) is 5.91 Å². The zero-order valence-electron chi connectivity index (χ0n) is 16.7. The molecule has 1 fully saturated rings. The van der Waals surface area contributed by atoms with Crippen LogP contribution in [-0.4, -0.2) is 61.0 Å².